The summed E-state index contributed by atoms with van der Waals surface area (Å²) < 4.78 is 5.12. The molecule has 0 unspecified atom stereocenters. The molecule has 5 nitrogen and oxygen atoms in total. The lowest BCUT2D eigenvalue weighted by molar-refractivity contribution is 0.0992. The Morgan fingerprint density at radius 1 is 1.41 bits per heavy atom. The molecule has 0 saturated carbocycles. The van der Waals surface area contributed by atoms with E-state index in [4.69, 9.17) is 21.4 Å². The minimum Gasteiger partial charge on any atom is -0.394 e. The molecule has 1 aromatic rings. The number of nitrogens with one attached hydrogen (secondary N) is 1. The maximum absolute atomic E-state index is 8.53. The zero-order chi connectivity index (χ0) is 12.5. The van der Waals surface area contributed by atoms with Gasteiger partial charge in [0, 0.05) is 19.0 Å². The number of aryl methyl sites for hydroxylation is 1. The third-order valence-corrected chi connectivity index (χ3v) is 2.20. The van der Waals surface area contributed by atoms with Gasteiger partial charge >= 0.3 is 0 Å². The van der Waals surface area contributed by atoms with Gasteiger partial charge in [0.25, 0.3) is 0 Å². The van der Waals surface area contributed by atoms with Gasteiger partial charge in [0.05, 0.1) is 19.8 Å². The Kier molecular flexibility index (Phi) is 6.84. The van der Waals surface area contributed by atoms with Gasteiger partial charge in [0.15, 0.2) is 0 Å². The molecular weight excluding hydrogens is 242 g/mol. The van der Waals surface area contributed by atoms with E-state index in [0.29, 0.717) is 30.7 Å². The molecular formula is C11H18ClN3O2. The molecule has 0 amide bonds. The zero-order valence-electron chi connectivity index (χ0n) is 9.95. The van der Waals surface area contributed by atoms with E-state index >= 15 is 0 Å². The zero-order valence-corrected chi connectivity index (χ0v) is 10.7. The van der Waals surface area contributed by atoms with E-state index in [1.165, 1.54) is 0 Å². The number of rotatable bonds is 8. The van der Waals surface area contributed by atoms with Crippen molar-refractivity contribution in [2.75, 3.05) is 31.7 Å². The molecule has 0 bridgehead atoms. The predicted molar refractivity (Wildman–Crippen MR) is 67.4 cm³/mol. The second-order valence-electron chi connectivity index (χ2n) is 3.50. The monoisotopic (exact) mass is 259 g/mol. The minimum atomic E-state index is 0.0417. The average molecular weight is 260 g/mol. The highest BCUT2D eigenvalue weighted by Crippen LogP contribution is 2.12. The second kappa shape index (κ2) is 8.22. The van der Waals surface area contributed by atoms with E-state index in [1.807, 2.05) is 0 Å². The van der Waals surface area contributed by atoms with Gasteiger partial charge in [-0.2, -0.15) is 0 Å². The Hall–Kier alpha value is -0.910. The number of ether oxygens (including phenoxy) is 1. The standard InChI is InChI=1S/C11H18ClN3O2/c1-2-3-10-14-9(12)8-11(15-10)13-4-6-17-7-5-16/h8,16H,2-7H2,1H3,(H,13,14,15). The van der Waals surface area contributed by atoms with Crippen molar-refractivity contribution in [2.45, 2.75) is 19.8 Å². The molecule has 0 saturated heterocycles. The Morgan fingerprint density at radius 3 is 2.94 bits per heavy atom. The lowest BCUT2D eigenvalue weighted by atomic mass is 10.3. The number of aromatic nitrogens is 2. The number of nitrogens with zero attached hydrogens (tertiary/aromatic N) is 2. The highest BCUT2D eigenvalue weighted by molar-refractivity contribution is 6.29. The Bertz CT molecular complexity index is 336. The van der Waals surface area contributed by atoms with E-state index in [9.17, 15) is 0 Å². The average Bonchev–Trinajstić information content (AvgIpc) is 2.28. The van der Waals surface area contributed by atoms with Crippen LogP contribution >= 0.6 is 11.6 Å². The fourth-order valence-corrected chi connectivity index (χ4v) is 1.51. The van der Waals surface area contributed by atoms with Crippen LogP contribution in [0.5, 0.6) is 0 Å². The molecule has 0 radical (unpaired) electrons. The summed E-state index contributed by atoms with van der Waals surface area (Å²) in [5.41, 5.74) is 0. The van der Waals surface area contributed by atoms with Crippen molar-refractivity contribution >= 4 is 17.4 Å². The van der Waals surface area contributed by atoms with Crippen LogP contribution in [0.15, 0.2) is 6.07 Å². The summed E-state index contributed by atoms with van der Waals surface area (Å²) in [6, 6.07) is 1.69. The normalized spacial score (nSPS) is 10.5. The molecule has 1 rings (SSSR count). The summed E-state index contributed by atoms with van der Waals surface area (Å²) in [4.78, 5) is 8.46. The van der Waals surface area contributed by atoms with Crippen LogP contribution in [-0.4, -0.2) is 41.4 Å². The van der Waals surface area contributed by atoms with Crippen LogP contribution in [0.3, 0.4) is 0 Å². The predicted octanol–water partition coefficient (Wildman–Crippen LogP) is 1.50. The van der Waals surface area contributed by atoms with Crippen LogP contribution in [0.4, 0.5) is 5.82 Å². The minimum absolute atomic E-state index is 0.0417. The van der Waals surface area contributed by atoms with Crippen molar-refractivity contribution in [3.8, 4) is 0 Å². The number of aliphatic hydroxyl groups is 1. The van der Waals surface area contributed by atoms with E-state index in [0.717, 1.165) is 18.7 Å². The maximum Gasteiger partial charge on any atom is 0.134 e. The quantitative estimate of drug-likeness (QED) is 0.547. The van der Waals surface area contributed by atoms with Crippen molar-refractivity contribution < 1.29 is 9.84 Å². The summed E-state index contributed by atoms with van der Waals surface area (Å²) in [6.45, 7) is 3.61. The Morgan fingerprint density at radius 2 is 2.24 bits per heavy atom. The smallest absolute Gasteiger partial charge is 0.134 e. The Balaban J connectivity index is 2.41. The van der Waals surface area contributed by atoms with Gasteiger partial charge in [0.1, 0.15) is 16.8 Å². The Labute approximate surface area is 106 Å². The topological polar surface area (TPSA) is 67.3 Å². The van der Waals surface area contributed by atoms with Crippen molar-refractivity contribution in [1.82, 2.24) is 9.97 Å². The van der Waals surface area contributed by atoms with Gasteiger partial charge in [-0.3, -0.25) is 0 Å². The van der Waals surface area contributed by atoms with Crippen molar-refractivity contribution in [3.05, 3.63) is 17.0 Å². The molecule has 0 aliphatic carbocycles. The van der Waals surface area contributed by atoms with Crippen molar-refractivity contribution in [1.29, 1.82) is 0 Å². The van der Waals surface area contributed by atoms with Gasteiger partial charge in [-0.15, -0.1) is 0 Å². The molecule has 0 aromatic carbocycles. The van der Waals surface area contributed by atoms with Gasteiger partial charge in [-0.25, -0.2) is 9.97 Å². The first-order valence-electron chi connectivity index (χ1n) is 5.72. The van der Waals surface area contributed by atoms with Gasteiger partial charge in [0.2, 0.25) is 0 Å². The molecule has 2 N–H and O–H groups in total. The van der Waals surface area contributed by atoms with Crippen LogP contribution in [0.2, 0.25) is 5.15 Å². The number of aliphatic hydroxyl groups excluding tert-OH is 1. The molecule has 1 aromatic heterocycles. The van der Waals surface area contributed by atoms with Gasteiger partial charge in [-0.05, 0) is 6.42 Å². The summed E-state index contributed by atoms with van der Waals surface area (Å²) in [6.07, 6.45) is 1.80. The first kappa shape index (κ1) is 14.2. The van der Waals surface area contributed by atoms with Crippen LogP contribution in [0.1, 0.15) is 19.2 Å². The molecule has 17 heavy (non-hydrogen) atoms. The van der Waals surface area contributed by atoms with E-state index < -0.39 is 0 Å². The molecule has 1 heterocycles. The molecule has 96 valence electrons. The van der Waals surface area contributed by atoms with Gasteiger partial charge < -0.3 is 15.2 Å². The number of anilines is 1. The fraction of sp³-hybridized carbons (Fsp3) is 0.636. The van der Waals surface area contributed by atoms with E-state index in [2.05, 4.69) is 22.2 Å². The summed E-state index contributed by atoms with van der Waals surface area (Å²) in [5.74, 6) is 1.46. The van der Waals surface area contributed by atoms with Crippen LogP contribution in [-0.2, 0) is 11.2 Å². The van der Waals surface area contributed by atoms with Crippen molar-refractivity contribution in [2.24, 2.45) is 0 Å². The summed E-state index contributed by atoms with van der Waals surface area (Å²) in [5, 5.41) is 12.1. The third kappa shape index (κ3) is 5.81. The first-order valence-corrected chi connectivity index (χ1v) is 6.10. The third-order valence-electron chi connectivity index (χ3n) is 2.00. The fourth-order valence-electron chi connectivity index (χ4n) is 1.31. The number of hydrogen-bond donors (Lipinski definition) is 2. The molecule has 0 atom stereocenters. The van der Waals surface area contributed by atoms with Crippen LogP contribution in [0.25, 0.3) is 0 Å². The molecule has 0 spiro atoms. The van der Waals surface area contributed by atoms with E-state index in [1.54, 1.807) is 6.07 Å². The van der Waals surface area contributed by atoms with E-state index in [-0.39, 0.29) is 6.61 Å². The lowest BCUT2D eigenvalue weighted by Crippen LogP contribution is -2.13. The lowest BCUT2D eigenvalue weighted by Gasteiger charge is -2.07. The highest BCUT2D eigenvalue weighted by Gasteiger charge is 2.02. The van der Waals surface area contributed by atoms with Crippen LogP contribution < -0.4 is 5.32 Å². The first-order chi connectivity index (χ1) is 8.26. The van der Waals surface area contributed by atoms with Gasteiger partial charge in [-0.1, -0.05) is 18.5 Å². The molecule has 0 aliphatic heterocycles. The summed E-state index contributed by atoms with van der Waals surface area (Å²) >= 11 is 5.89. The second-order valence-corrected chi connectivity index (χ2v) is 3.89. The maximum atomic E-state index is 8.53. The highest BCUT2D eigenvalue weighted by atomic mass is 35.5. The molecule has 6 heteroatoms. The largest absolute Gasteiger partial charge is 0.394 e. The molecule has 0 fully saturated rings. The van der Waals surface area contributed by atoms with Crippen molar-refractivity contribution in [3.63, 3.8) is 0 Å². The summed E-state index contributed by atoms with van der Waals surface area (Å²) in [7, 11) is 0. The number of hydrogen-bond acceptors (Lipinski definition) is 5. The number of halogens is 1. The SMILES string of the molecule is CCCc1nc(Cl)cc(NCCOCCO)n1. The molecule has 0 aliphatic rings. The van der Waals surface area contributed by atoms with Crippen LogP contribution in [0, 0.1) is 0 Å².